The number of fused-ring (bicyclic) bond motifs is 1. The van der Waals surface area contributed by atoms with E-state index in [1.54, 1.807) is 0 Å². The molecular formula is C27H28O6. The molecule has 1 aliphatic heterocycles. The molecule has 33 heavy (non-hydrogen) atoms. The molecule has 3 aromatic rings. The monoisotopic (exact) mass is 448 g/mol. The Morgan fingerprint density at radius 1 is 1.03 bits per heavy atom. The van der Waals surface area contributed by atoms with Gasteiger partial charge in [-0.3, -0.25) is 4.79 Å². The summed E-state index contributed by atoms with van der Waals surface area (Å²) >= 11 is 0. The summed E-state index contributed by atoms with van der Waals surface area (Å²) < 4.78 is 17.0. The molecule has 1 fully saturated rings. The maximum Gasteiger partial charge on any atom is 0.302 e. The fraction of sp³-hybridized carbons (Fsp3) is 0.296. The number of carbonyl (C=O) groups excluding carboxylic acids is 1. The molecule has 2 atom stereocenters. The maximum absolute atomic E-state index is 11.1. The number of ether oxygens (including phenoxy) is 3. The van der Waals surface area contributed by atoms with Gasteiger partial charge in [0.25, 0.3) is 0 Å². The van der Waals surface area contributed by atoms with Gasteiger partial charge in [0.15, 0.2) is 0 Å². The van der Waals surface area contributed by atoms with Crippen molar-refractivity contribution in [1.82, 2.24) is 0 Å². The largest absolute Gasteiger partial charge is 0.484 e. The number of carbonyl (C=O) groups is 1. The van der Waals surface area contributed by atoms with E-state index in [9.17, 15) is 4.79 Å². The summed E-state index contributed by atoms with van der Waals surface area (Å²) in [6.45, 7) is 9.75. The first-order valence-electron chi connectivity index (χ1n) is 10.9. The Kier molecular flexibility index (Phi) is 6.79. The van der Waals surface area contributed by atoms with Gasteiger partial charge in [-0.15, -0.1) is 0 Å². The Morgan fingerprint density at radius 2 is 1.76 bits per heavy atom. The van der Waals surface area contributed by atoms with Crippen molar-refractivity contribution in [1.29, 1.82) is 0 Å². The molecule has 6 nitrogen and oxygen atoms in total. The minimum atomic E-state index is -0.644. The highest BCUT2D eigenvalue weighted by molar-refractivity contribution is 5.85. The van der Waals surface area contributed by atoms with E-state index in [2.05, 4.69) is 18.7 Å². The first-order chi connectivity index (χ1) is 15.8. The van der Waals surface area contributed by atoms with Crippen molar-refractivity contribution in [3.8, 4) is 5.75 Å². The van der Waals surface area contributed by atoms with Gasteiger partial charge >= 0.3 is 5.97 Å². The second kappa shape index (κ2) is 9.75. The highest BCUT2D eigenvalue weighted by atomic mass is 17.2. The minimum absolute atomic E-state index is 0.166. The van der Waals surface area contributed by atoms with Crippen LogP contribution in [0.25, 0.3) is 16.3 Å². The van der Waals surface area contributed by atoms with Crippen molar-refractivity contribution in [2.45, 2.75) is 38.8 Å². The van der Waals surface area contributed by atoms with Crippen LogP contribution in [0.4, 0.5) is 0 Å². The molecule has 0 amide bonds. The van der Waals surface area contributed by atoms with Crippen molar-refractivity contribution in [3.05, 3.63) is 84.4 Å². The van der Waals surface area contributed by atoms with Crippen LogP contribution in [0.5, 0.6) is 5.75 Å². The summed E-state index contributed by atoms with van der Waals surface area (Å²) in [6.07, 6.45) is -1.03. The number of esters is 1. The molecule has 2 unspecified atom stereocenters. The van der Waals surface area contributed by atoms with Crippen LogP contribution in [0.3, 0.4) is 0 Å². The van der Waals surface area contributed by atoms with Gasteiger partial charge in [0, 0.05) is 12.5 Å². The Balaban J connectivity index is 1.36. The van der Waals surface area contributed by atoms with Crippen molar-refractivity contribution in [3.63, 3.8) is 0 Å². The molecule has 1 saturated heterocycles. The fourth-order valence-corrected chi connectivity index (χ4v) is 3.65. The van der Waals surface area contributed by atoms with E-state index in [0.717, 1.165) is 27.5 Å². The van der Waals surface area contributed by atoms with E-state index in [4.69, 9.17) is 24.0 Å². The topological polar surface area (TPSA) is 63.2 Å². The first kappa shape index (κ1) is 23.0. The Bertz CT molecular complexity index is 1120. The van der Waals surface area contributed by atoms with E-state index in [-0.39, 0.29) is 12.6 Å². The highest BCUT2D eigenvalue weighted by Gasteiger charge is 2.29. The summed E-state index contributed by atoms with van der Waals surface area (Å²) in [7, 11) is 0. The number of hydrogen-bond donors (Lipinski definition) is 0. The third-order valence-electron chi connectivity index (χ3n) is 5.37. The average Bonchev–Trinajstić information content (AvgIpc) is 2.82. The predicted molar refractivity (Wildman–Crippen MR) is 125 cm³/mol. The van der Waals surface area contributed by atoms with Crippen LogP contribution in [-0.4, -0.2) is 30.9 Å². The van der Waals surface area contributed by atoms with Crippen LogP contribution in [0.1, 0.15) is 38.2 Å². The summed E-state index contributed by atoms with van der Waals surface area (Å²) in [6, 6.07) is 21.6. The third kappa shape index (κ3) is 5.60. The second-order valence-electron chi connectivity index (χ2n) is 8.61. The quantitative estimate of drug-likeness (QED) is 0.345. The van der Waals surface area contributed by atoms with Crippen LogP contribution in [0.15, 0.2) is 73.3 Å². The molecule has 0 aliphatic carbocycles. The lowest BCUT2D eigenvalue weighted by molar-refractivity contribution is -0.435. The summed E-state index contributed by atoms with van der Waals surface area (Å²) in [4.78, 5) is 22.3. The molecule has 3 aromatic carbocycles. The van der Waals surface area contributed by atoms with Gasteiger partial charge in [0.2, 0.25) is 6.29 Å². The molecule has 4 rings (SSSR count). The highest BCUT2D eigenvalue weighted by Crippen LogP contribution is 2.33. The third-order valence-corrected chi connectivity index (χ3v) is 5.37. The minimum Gasteiger partial charge on any atom is -0.484 e. The zero-order valence-corrected chi connectivity index (χ0v) is 19.1. The lowest BCUT2D eigenvalue weighted by Crippen LogP contribution is -2.34. The van der Waals surface area contributed by atoms with Crippen LogP contribution in [0, 0.1) is 0 Å². The molecule has 0 saturated carbocycles. The SMILES string of the molecule is C=C(c1ccc(OC(C)(C)COC(C)=O)cc1)C1COC(c2cccc3ccccc23)OO1. The smallest absolute Gasteiger partial charge is 0.302 e. The molecule has 1 heterocycles. The van der Waals surface area contributed by atoms with Gasteiger partial charge in [-0.1, -0.05) is 61.2 Å². The van der Waals surface area contributed by atoms with Crippen molar-refractivity contribution in [2.75, 3.05) is 13.2 Å². The normalized spacial score (nSPS) is 18.6. The molecule has 1 aliphatic rings. The van der Waals surface area contributed by atoms with Crippen LogP contribution >= 0.6 is 0 Å². The van der Waals surface area contributed by atoms with Crippen LogP contribution < -0.4 is 4.74 Å². The van der Waals surface area contributed by atoms with Crippen molar-refractivity contribution >= 4 is 22.3 Å². The van der Waals surface area contributed by atoms with Gasteiger partial charge in [-0.05, 0) is 47.9 Å². The van der Waals surface area contributed by atoms with Crippen LogP contribution in [-0.2, 0) is 24.0 Å². The summed E-state index contributed by atoms with van der Waals surface area (Å²) in [5, 5.41) is 2.19. The summed E-state index contributed by atoms with van der Waals surface area (Å²) in [5.41, 5.74) is 1.92. The molecule has 0 aromatic heterocycles. The van der Waals surface area contributed by atoms with Gasteiger partial charge in [0.1, 0.15) is 24.1 Å². The molecular weight excluding hydrogens is 420 g/mol. The van der Waals surface area contributed by atoms with Gasteiger partial charge in [0.05, 0.1) is 6.61 Å². The number of hydrogen-bond acceptors (Lipinski definition) is 6. The standard InChI is InChI=1S/C27H28O6/c1-18(20-12-14-22(15-13-20)31-27(3,4)17-30-19(2)28)25-16-29-26(33-32-25)24-11-7-9-21-8-5-6-10-23(21)24/h5-15,25-26H,1,16-17H2,2-4H3. The lowest BCUT2D eigenvalue weighted by Gasteiger charge is -2.30. The second-order valence-corrected chi connectivity index (χ2v) is 8.61. The van der Waals surface area contributed by atoms with Gasteiger partial charge in [-0.2, -0.15) is 4.89 Å². The summed E-state index contributed by atoms with van der Waals surface area (Å²) in [5.74, 6) is 0.328. The number of rotatable bonds is 7. The fourth-order valence-electron chi connectivity index (χ4n) is 3.65. The average molecular weight is 449 g/mol. The molecule has 172 valence electrons. The van der Waals surface area contributed by atoms with E-state index in [1.807, 2.05) is 68.4 Å². The Hall–Kier alpha value is -3.19. The molecule has 0 N–H and O–H groups in total. The van der Waals surface area contributed by atoms with E-state index in [0.29, 0.717) is 12.4 Å². The molecule has 0 bridgehead atoms. The zero-order chi connectivity index (χ0) is 23.4. The van der Waals surface area contributed by atoms with E-state index < -0.39 is 18.0 Å². The van der Waals surface area contributed by atoms with E-state index >= 15 is 0 Å². The van der Waals surface area contributed by atoms with Crippen molar-refractivity contribution < 1.29 is 28.8 Å². The van der Waals surface area contributed by atoms with Crippen LogP contribution in [0.2, 0.25) is 0 Å². The predicted octanol–water partition coefficient (Wildman–Crippen LogP) is 5.62. The first-order valence-corrected chi connectivity index (χ1v) is 10.9. The Morgan fingerprint density at radius 3 is 2.45 bits per heavy atom. The molecule has 6 heteroatoms. The van der Waals surface area contributed by atoms with Gasteiger partial charge in [-0.25, -0.2) is 4.89 Å². The van der Waals surface area contributed by atoms with E-state index in [1.165, 1.54) is 6.92 Å². The van der Waals surface area contributed by atoms with Crippen molar-refractivity contribution in [2.24, 2.45) is 0 Å². The molecule has 0 spiro atoms. The molecule has 0 radical (unpaired) electrons. The zero-order valence-electron chi connectivity index (χ0n) is 19.1. The van der Waals surface area contributed by atoms with Gasteiger partial charge < -0.3 is 14.2 Å². The maximum atomic E-state index is 11.1. The lowest BCUT2D eigenvalue weighted by atomic mass is 10.0. The number of benzene rings is 3. The Labute approximate surface area is 193 Å².